The molecule has 0 amide bonds. The number of methoxy groups -OCH3 is 1. The van der Waals surface area contributed by atoms with E-state index in [0.29, 0.717) is 5.56 Å². The average molecular weight is 267 g/mol. The molecule has 0 aliphatic heterocycles. The molecule has 0 bridgehead atoms. The first-order valence-corrected chi connectivity index (χ1v) is 5.96. The maximum atomic E-state index is 11.4. The number of aromatic amines is 1. The van der Waals surface area contributed by atoms with Crippen LogP contribution in [0.3, 0.4) is 0 Å². The summed E-state index contributed by atoms with van der Waals surface area (Å²) in [5.41, 5.74) is 3.43. The van der Waals surface area contributed by atoms with Gasteiger partial charge in [0.1, 0.15) is 11.6 Å². The normalized spacial score (nSPS) is 10.9. The number of aryl methyl sites for hydroxylation is 1. The molecule has 1 aromatic carbocycles. The van der Waals surface area contributed by atoms with E-state index in [0.717, 1.165) is 16.8 Å². The minimum atomic E-state index is -0.663. The molecule has 1 heterocycles. The fourth-order valence-electron chi connectivity index (χ4n) is 1.76. The highest BCUT2D eigenvalue weighted by molar-refractivity contribution is 5.98. The molecule has 0 atom stereocenters. The predicted octanol–water partition coefficient (Wildman–Crippen LogP) is 2.47. The number of hydrogen-bond donors (Lipinski definition) is 1. The Balaban J connectivity index is 2.43. The Morgan fingerprint density at radius 2 is 2.10 bits per heavy atom. The summed E-state index contributed by atoms with van der Waals surface area (Å²) in [4.78, 5) is 11.4. The van der Waals surface area contributed by atoms with Crippen LogP contribution in [0.25, 0.3) is 17.3 Å². The molecule has 0 aliphatic carbocycles. The van der Waals surface area contributed by atoms with Crippen molar-refractivity contribution in [1.82, 2.24) is 10.2 Å². The van der Waals surface area contributed by atoms with E-state index in [4.69, 9.17) is 5.26 Å². The fraction of sp³-hybridized carbons (Fsp3) is 0.133. The van der Waals surface area contributed by atoms with Gasteiger partial charge in [-0.15, -0.1) is 0 Å². The Morgan fingerprint density at radius 3 is 2.70 bits per heavy atom. The van der Waals surface area contributed by atoms with Crippen molar-refractivity contribution in [2.75, 3.05) is 7.11 Å². The second kappa shape index (κ2) is 5.85. The van der Waals surface area contributed by atoms with Gasteiger partial charge in [-0.25, -0.2) is 4.79 Å². The summed E-state index contributed by atoms with van der Waals surface area (Å²) in [6.45, 7) is 2.00. The van der Waals surface area contributed by atoms with Crippen molar-refractivity contribution in [2.24, 2.45) is 0 Å². The minimum Gasteiger partial charge on any atom is -0.465 e. The average Bonchev–Trinajstić information content (AvgIpc) is 2.93. The molecule has 5 nitrogen and oxygen atoms in total. The molecule has 1 N–H and O–H groups in total. The van der Waals surface area contributed by atoms with Crippen LogP contribution >= 0.6 is 0 Å². The molecule has 0 unspecified atom stereocenters. The number of nitriles is 1. The largest absolute Gasteiger partial charge is 0.465 e. The molecule has 2 aromatic rings. The first kappa shape index (κ1) is 13.6. The lowest BCUT2D eigenvalue weighted by molar-refractivity contribution is -0.135. The molecular formula is C15H13N3O2. The van der Waals surface area contributed by atoms with Gasteiger partial charge in [-0.3, -0.25) is 5.10 Å². The zero-order valence-electron chi connectivity index (χ0n) is 11.2. The summed E-state index contributed by atoms with van der Waals surface area (Å²) in [6.07, 6.45) is 3.03. The first-order chi connectivity index (χ1) is 9.65. The number of aromatic nitrogens is 2. The minimum absolute atomic E-state index is 0.0674. The van der Waals surface area contributed by atoms with Gasteiger partial charge in [0.2, 0.25) is 0 Å². The maximum absolute atomic E-state index is 11.4. The number of nitrogens with zero attached hydrogens (tertiary/aromatic N) is 2. The number of H-pyrrole nitrogens is 1. The molecule has 0 radical (unpaired) electrons. The number of carbonyl (C=O) groups is 1. The predicted molar refractivity (Wildman–Crippen MR) is 74.4 cm³/mol. The lowest BCUT2D eigenvalue weighted by Crippen LogP contribution is -2.02. The van der Waals surface area contributed by atoms with E-state index in [1.54, 1.807) is 6.20 Å². The van der Waals surface area contributed by atoms with Gasteiger partial charge in [-0.05, 0) is 13.0 Å². The highest BCUT2D eigenvalue weighted by Gasteiger charge is 2.12. The smallest absolute Gasteiger partial charge is 0.348 e. The van der Waals surface area contributed by atoms with Gasteiger partial charge in [0.25, 0.3) is 0 Å². The molecule has 0 saturated carbocycles. The maximum Gasteiger partial charge on any atom is 0.348 e. The van der Waals surface area contributed by atoms with Crippen molar-refractivity contribution in [3.63, 3.8) is 0 Å². The van der Waals surface area contributed by atoms with Crippen LogP contribution in [0.15, 0.2) is 36.0 Å². The number of nitrogens with one attached hydrogen (secondary N) is 1. The zero-order valence-corrected chi connectivity index (χ0v) is 11.2. The van der Waals surface area contributed by atoms with Crippen molar-refractivity contribution in [1.29, 1.82) is 5.26 Å². The van der Waals surface area contributed by atoms with Gasteiger partial charge in [0.05, 0.1) is 19.0 Å². The van der Waals surface area contributed by atoms with E-state index in [1.807, 2.05) is 37.3 Å². The molecule has 2 rings (SSSR count). The summed E-state index contributed by atoms with van der Waals surface area (Å²) < 4.78 is 4.55. The van der Waals surface area contributed by atoms with Gasteiger partial charge < -0.3 is 4.74 Å². The van der Waals surface area contributed by atoms with E-state index >= 15 is 0 Å². The highest BCUT2D eigenvalue weighted by Crippen LogP contribution is 2.23. The molecule has 0 saturated heterocycles. The van der Waals surface area contributed by atoms with Crippen LogP contribution < -0.4 is 0 Å². The van der Waals surface area contributed by atoms with Crippen molar-refractivity contribution < 1.29 is 9.53 Å². The number of ether oxygens (including phenoxy) is 1. The third kappa shape index (κ3) is 2.75. The van der Waals surface area contributed by atoms with E-state index in [2.05, 4.69) is 14.9 Å². The molecule has 1 aromatic heterocycles. The van der Waals surface area contributed by atoms with E-state index in [9.17, 15) is 4.79 Å². The number of carbonyl (C=O) groups excluding carboxylic acids is 1. The monoisotopic (exact) mass is 267 g/mol. The summed E-state index contributed by atoms with van der Waals surface area (Å²) in [5.74, 6) is -0.663. The third-order valence-electron chi connectivity index (χ3n) is 2.83. The second-order valence-corrected chi connectivity index (χ2v) is 4.23. The molecular weight excluding hydrogens is 254 g/mol. The SMILES string of the molecule is COC(=O)/C(C#N)=C/c1cn[nH]c1-c1ccc(C)cc1. The summed E-state index contributed by atoms with van der Waals surface area (Å²) in [6, 6.07) is 9.68. The fourth-order valence-corrected chi connectivity index (χ4v) is 1.76. The number of esters is 1. The van der Waals surface area contributed by atoms with Gasteiger partial charge >= 0.3 is 5.97 Å². The Morgan fingerprint density at radius 1 is 1.40 bits per heavy atom. The van der Waals surface area contributed by atoms with Crippen LogP contribution in [0.4, 0.5) is 0 Å². The molecule has 5 heteroatoms. The van der Waals surface area contributed by atoms with Crippen LogP contribution in [0, 0.1) is 18.3 Å². The summed E-state index contributed by atoms with van der Waals surface area (Å²) in [7, 11) is 1.24. The molecule has 0 spiro atoms. The Labute approximate surface area is 116 Å². The van der Waals surface area contributed by atoms with Gasteiger partial charge in [-0.1, -0.05) is 29.8 Å². The zero-order chi connectivity index (χ0) is 14.5. The van der Waals surface area contributed by atoms with E-state index in [1.165, 1.54) is 13.2 Å². The van der Waals surface area contributed by atoms with Crippen LogP contribution in [-0.4, -0.2) is 23.3 Å². The van der Waals surface area contributed by atoms with Gasteiger partial charge in [0, 0.05) is 11.1 Å². The number of rotatable bonds is 3. The van der Waals surface area contributed by atoms with Crippen molar-refractivity contribution in [2.45, 2.75) is 6.92 Å². The lowest BCUT2D eigenvalue weighted by atomic mass is 10.0. The quantitative estimate of drug-likeness (QED) is 0.526. The molecule has 0 fully saturated rings. The Hall–Kier alpha value is -2.87. The van der Waals surface area contributed by atoms with Crippen LogP contribution in [0.2, 0.25) is 0 Å². The molecule has 0 aliphatic rings. The van der Waals surface area contributed by atoms with Crippen molar-refractivity contribution in [3.05, 3.63) is 47.2 Å². The Kier molecular flexibility index (Phi) is 3.96. The highest BCUT2D eigenvalue weighted by atomic mass is 16.5. The molecule has 20 heavy (non-hydrogen) atoms. The van der Waals surface area contributed by atoms with Crippen molar-refractivity contribution >= 4 is 12.0 Å². The van der Waals surface area contributed by atoms with E-state index in [-0.39, 0.29) is 5.57 Å². The second-order valence-electron chi connectivity index (χ2n) is 4.23. The van der Waals surface area contributed by atoms with Crippen LogP contribution in [0.1, 0.15) is 11.1 Å². The first-order valence-electron chi connectivity index (χ1n) is 5.96. The number of hydrogen-bond acceptors (Lipinski definition) is 4. The van der Waals surface area contributed by atoms with Gasteiger partial charge in [0.15, 0.2) is 0 Å². The Bertz CT molecular complexity index is 691. The summed E-state index contributed by atoms with van der Waals surface area (Å²) >= 11 is 0. The topological polar surface area (TPSA) is 78.8 Å². The summed E-state index contributed by atoms with van der Waals surface area (Å²) in [5, 5.41) is 15.8. The number of benzene rings is 1. The van der Waals surface area contributed by atoms with Gasteiger partial charge in [-0.2, -0.15) is 10.4 Å². The standard InChI is InChI=1S/C15H13N3O2/c1-10-3-5-11(6-4-10)14-13(9-17-18-14)7-12(8-16)15(19)20-2/h3-7,9H,1-2H3,(H,17,18)/b12-7+. The van der Waals surface area contributed by atoms with Crippen molar-refractivity contribution in [3.8, 4) is 17.3 Å². The lowest BCUT2D eigenvalue weighted by Gasteiger charge is -2.01. The van der Waals surface area contributed by atoms with Crippen LogP contribution in [0.5, 0.6) is 0 Å². The third-order valence-corrected chi connectivity index (χ3v) is 2.83. The van der Waals surface area contributed by atoms with E-state index < -0.39 is 5.97 Å². The molecule has 100 valence electrons. The van der Waals surface area contributed by atoms with Crippen LogP contribution in [-0.2, 0) is 9.53 Å².